The molecule has 1 atom stereocenters. The first-order valence-electron chi connectivity index (χ1n) is 9.81. The Hall–Kier alpha value is -2.87. The second-order valence-corrected chi connectivity index (χ2v) is 9.54. The van der Waals surface area contributed by atoms with Crippen LogP contribution in [-0.4, -0.2) is 33.2 Å². The van der Waals surface area contributed by atoms with Crippen LogP contribution in [0.5, 0.6) is 0 Å². The molecular weight excluding hydrogens is 400 g/mol. The quantitative estimate of drug-likeness (QED) is 0.634. The van der Waals surface area contributed by atoms with Gasteiger partial charge in [-0.05, 0) is 46.2 Å². The lowest BCUT2D eigenvalue weighted by Gasteiger charge is -2.23. The number of carbonyl (C=O) groups excluding carboxylic acids is 2. The fourth-order valence-corrected chi connectivity index (χ4v) is 4.00. The molecule has 0 aliphatic rings. The summed E-state index contributed by atoms with van der Waals surface area (Å²) < 4.78 is 7.39. The van der Waals surface area contributed by atoms with Gasteiger partial charge in [0.15, 0.2) is 5.13 Å². The molecule has 0 saturated heterocycles. The van der Waals surface area contributed by atoms with Gasteiger partial charge in [0.05, 0.1) is 5.69 Å². The van der Waals surface area contributed by atoms with E-state index in [1.807, 2.05) is 55.9 Å². The monoisotopic (exact) mass is 428 g/mol. The van der Waals surface area contributed by atoms with Crippen molar-refractivity contribution in [2.75, 3.05) is 5.32 Å². The number of aromatic nitrogens is 2. The van der Waals surface area contributed by atoms with E-state index in [1.165, 1.54) is 11.3 Å². The first-order valence-corrected chi connectivity index (χ1v) is 10.6. The predicted molar refractivity (Wildman–Crippen MR) is 120 cm³/mol. The number of nitrogens with zero attached hydrogens (tertiary/aromatic N) is 2. The zero-order valence-electron chi connectivity index (χ0n) is 18.2. The SMILES string of the molecule is Cc1nc(NC(=O)C(Cc2cn(C)c3ccccc23)NC(=O)OC(C)(C)C)sc1C. The Morgan fingerprint density at radius 1 is 1.23 bits per heavy atom. The molecule has 0 fully saturated rings. The van der Waals surface area contributed by atoms with E-state index in [1.54, 1.807) is 20.8 Å². The third-order valence-corrected chi connectivity index (χ3v) is 5.66. The number of rotatable bonds is 5. The van der Waals surface area contributed by atoms with Crippen molar-refractivity contribution in [3.05, 3.63) is 46.6 Å². The van der Waals surface area contributed by atoms with Crippen LogP contribution in [-0.2, 0) is 23.0 Å². The fourth-order valence-electron chi connectivity index (χ4n) is 3.19. The van der Waals surface area contributed by atoms with Crippen LogP contribution in [0.4, 0.5) is 9.93 Å². The van der Waals surface area contributed by atoms with Gasteiger partial charge in [-0.3, -0.25) is 4.79 Å². The van der Waals surface area contributed by atoms with E-state index in [0.29, 0.717) is 11.6 Å². The number of aryl methyl sites for hydroxylation is 3. The molecule has 30 heavy (non-hydrogen) atoms. The van der Waals surface area contributed by atoms with Crippen LogP contribution in [0.1, 0.15) is 36.9 Å². The summed E-state index contributed by atoms with van der Waals surface area (Å²) in [4.78, 5) is 30.9. The number of benzene rings is 1. The standard InChI is InChI=1S/C22H28N4O3S/c1-13-14(2)30-20(23-13)25-19(27)17(24-21(28)29-22(3,4)5)11-15-12-26(6)18-10-8-7-9-16(15)18/h7-10,12,17H,11H2,1-6H3,(H,24,28)(H,23,25,27). The molecular formula is C22H28N4O3S. The summed E-state index contributed by atoms with van der Waals surface area (Å²) in [7, 11) is 1.96. The van der Waals surface area contributed by atoms with Gasteiger partial charge in [0, 0.05) is 35.4 Å². The number of hydrogen-bond donors (Lipinski definition) is 2. The highest BCUT2D eigenvalue weighted by Crippen LogP contribution is 2.24. The largest absolute Gasteiger partial charge is 0.444 e. The van der Waals surface area contributed by atoms with E-state index in [9.17, 15) is 9.59 Å². The van der Waals surface area contributed by atoms with Gasteiger partial charge in [-0.1, -0.05) is 18.2 Å². The maximum atomic E-state index is 13.1. The summed E-state index contributed by atoms with van der Waals surface area (Å²) in [5.74, 6) is -0.331. The van der Waals surface area contributed by atoms with Crippen molar-refractivity contribution >= 4 is 39.4 Å². The van der Waals surface area contributed by atoms with Gasteiger partial charge in [0.25, 0.3) is 0 Å². The lowest BCUT2D eigenvalue weighted by Crippen LogP contribution is -2.47. The van der Waals surface area contributed by atoms with Crippen LogP contribution in [0.25, 0.3) is 10.9 Å². The van der Waals surface area contributed by atoms with E-state index in [-0.39, 0.29) is 5.91 Å². The summed E-state index contributed by atoms with van der Waals surface area (Å²) >= 11 is 1.41. The van der Waals surface area contributed by atoms with Gasteiger partial charge >= 0.3 is 6.09 Å². The van der Waals surface area contributed by atoms with Crippen molar-refractivity contribution in [2.45, 2.75) is 52.7 Å². The van der Waals surface area contributed by atoms with Crippen LogP contribution in [0, 0.1) is 13.8 Å². The lowest BCUT2D eigenvalue weighted by molar-refractivity contribution is -0.118. The first-order chi connectivity index (χ1) is 14.0. The maximum absolute atomic E-state index is 13.1. The minimum atomic E-state index is -0.810. The fraction of sp³-hybridized carbons (Fsp3) is 0.409. The van der Waals surface area contributed by atoms with E-state index in [0.717, 1.165) is 27.0 Å². The molecule has 0 aliphatic heterocycles. The van der Waals surface area contributed by atoms with Gasteiger partial charge in [-0.2, -0.15) is 0 Å². The Labute approximate surface area is 180 Å². The van der Waals surface area contributed by atoms with Gasteiger partial charge in [0.1, 0.15) is 11.6 Å². The van der Waals surface area contributed by atoms with Crippen molar-refractivity contribution in [3.8, 4) is 0 Å². The molecule has 7 nitrogen and oxygen atoms in total. The predicted octanol–water partition coefficient (Wildman–Crippen LogP) is 4.33. The number of alkyl carbamates (subject to hydrolysis) is 1. The van der Waals surface area contributed by atoms with Gasteiger partial charge in [0.2, 0.25) is 5.91 Å². The van der Waals surface area contributed by atoms with Crippen molar-refractivity contribution < 1.29 is 14.3 Å². The third kappa shape index (κ3) is 5.18. The molecule has 0 radical (unpaired) electrons. The number of anilines is 1. The summed E-state index contributed by atoms with van der Waals surface area (Å²) in [6.07, 6.45) is 1.68. The molecule has 0 bridgehead atoms. The molecule has 2 N–H and O–H groups in total. The third-order valence-electron chi connectivity index (χ3n) is 4.67. The highest BCUT2D eigenvalue weighted by atomic mass is 32.1. The molecule has 2 aromatic heterocycles. The number of fused-ring (bicyclic) bond motifs is 1. The van der Waals surface area contributed by atoms with E-state index >= 15 is 0 Å². The number of hydrogen-bond acceptors (Lipinski definition) is 5. The minimum Gasteiger partial charge on any atom is -0.444 e. The number of ether oxygens (including phenoxy) is 1. The maximum Gasteiger partial charge on any atom is 0.408 e. The highest BCUT2D eigenvalue weighted by Gasteiger charge is 2.26. The zero-order chi connectivity index (χ0) is 22.1. The molecule has 1 aromatic carbocycles. The molecule has 160 valence electrons. The second kappa shape index (κ2) is 8.47. The first kappa shape index (κ1) is 21.8. The Kier molecular flexibility index (Phi) is 6.17. The van der Waals surface area contributed by atoms with Crippen LogP contribution in [0.15, 0.2) is 30.5 Å². The summed E-state index contributed by atoms with van der Waals surface area (Å²) in [5.41, 5.74) is 2.25. The van der Waals surface area contributed by atoms with Crippen molar-refractivity contribution in [1.82, 2.24) is 14.9 Å². The number of nitrogens with one attached hydrogen (secondary N) is 2. The average Bonchev–Trinajstić information content (AvgIpc) is 3.12. The smallest absolute Gasteiger partial charge is 0.408 e. The molecule has 2 heterocycles. The van der Waals surface area contributed by atoms with E-state index in [4.69, 9.17) is 4.74 Å². The Bertz CT molecular complexity index is 1060. The number of para-hydroxylation sites is 1. The highest BCUT2D eigenvalue weighted by molar-refractivity contribution is 7.15. The molecule has 0 spiro atoms. The number of thiazole rings is 1. The lowest BCUT2D eigenvalue weighted by atomic mass is 10.0. The van der Waals surface area contributed by atoms with Crippen molar-refractivity contribution in [1.29, 1.82) is 0 Å². The van der Waals surface area contributed by atoms with Crippen LogP contribution in [0.3, 0.4) is 0 Å². The van der Waals surface area contributed by atoms with Gasteiger partial charge in [-0.15, -0.1) is 11.3 Å². The Morgan fingerprint density at radius 3 is 2.57 bits per heavy atom. The molecule has 8 heteroatoms. The van der Waals surface area contributed by atoms with Crippen molar-refractivity contribution in [3.63, 3.8) is 0 Å². The molecule has 3 rings (SSSR count). The summed E-state index contributed by atoms with van der Waals surface area (Å²) in [6, 6.07) is 7.16. The van der Waals surface area contributed by atoms with Crippen LogP contribution >= 0.6 is 11.3 Å². The summed E-state index contributed by atoms with van der Waals surface area (Å²) in [5, 5.41) is 7.13. The van der Waals surface area contributed by atoms with Gasteiger partial charge in [-0.25, -0.2) is 9.78 Å². The number of amides is 2. The Morgan fingerprint density at radius 2 is 1.93 bits per heavy atom. The van der Waals surface area contributed by atoms with Gasteiger partial charge < -0.3 is 19.9 Å². The van der Waals surface area contributed by atoms with Crippen LogP contribution in [0.2, 0.25) is 0 Å². The normalized spacial score (nSPS) is 12.6. The molecule has 1 unspecified atom stereocenters. The topological polar surface area (TPSA) is 85.3 Å². The molecule has 0 aliphatic carbocycles. The zero-order valence-corrected chi connectivity index (χ0v) is 19.0. The van der Waals surface area contributed by atoms with Crippen LogP contribution < -0.4 is 10.6 Å². The second-order valence-electron chi connectivity index (χ2n) is 8.34. The minimum absolute atomic E-state index is 0.329. The van der Waals surface area contributed by atoms with E-state index < -0.39 is 17.7 Å². The summed E-state index contributed by atoms with van der Waals surface area (Å²) in [6.45, 7) is 9.21. The molecule has 2 amide bonds. The number of carbonyl (C=O) groups is 2. The van der Waals surface area contributed by atoms with Crippen molar-refractivity contribution in [2.24, 2.45) is 7.05 Å². The van der Waals surface area contributed by atoms with E-state index in [2.05, 4.69) is 15.6 Å². The molecule has 3 aromatic rings. The Balaban J connectivity index is 1.86. The molecule has 0 saturated carbocycles. The average molecular weight is 429 g/mol.